The van der Waals surface area contributed by atoms with Crippen LogP contribution in [0.3, 0.4) is 0 Å². The summed E-state index contributed by atoms with van der Waals surface area (Å²) in [4.78, 5) is 42.0. The first-order valence-electron chi connectivity index (χ1n) is 8.86. The molecule has 2 rings (SSSR count). The number of hydrogen-bond acceptors (Lipinski definition) is 4. The maximum Gasteiger partial charge on any atom is 0.326 e. The average molecular weight is 372 g/mol. The van der Waals surface area contributed by atoms with Crippen LogP contribution in [-0.4, -0.2) is 45.4 Å². The molecule has 0 fully saturated rings. The standard InChI is InChI=1S/C19H24N4O4/c1-2-3-4-13-5-7-14(8-6-13)18(25)21-11-17(24)23-16(19(26)27)9-15-10-20-12-22-15/h5-8,10,12,16H,2-4,9,11H2,1H3,(H,20,22)(H,21,25)(H,23,24)(H,26,27)/t16-/m0/s1. The SMILES string of the molecule is CCCCc1ccc(C(=O)NCC(=O)N[C@@H](Cc2cnc[nH]2)C(=O)O)cc1. The first-order valence-corrected chi connectivity index (χ1v) is 8.86. The number of unbranched alkanes of at least 4 members (excludes halogenated alkanes) is 1. The zero-order chi connectivity index (χ0) is 19.6. The maximum atomic E-state index is 12.1. The molecule has 1 atom stereocenters. The summed E-state index contributed by atoms with van der Waals surface area (Å²) < 4.78 is 0. The van der Waals surface area contributed by atoms with Crippen LogP contribution in [0.1, 0.15) is 41.4 Å². The molecule has 2 amide bonds. The van der Waals surface area contributed by atoms with E-state index in [-0.39, 0.29) is 18.9 Å². The Morgan fingerprint density at radius 2 is 1.96 bits per heavy atom. The molecule has 0 saturated heterocycles. The number of aryl methyl sites for hydroxylation is 1. The molecule has 27 heavy (non-hydrogen) atoms. The van der Waals surface area contributed by atoms with E-state index >= 15 is 0 Å². The van der Waals surface area contributed by atoms with E-state index in [1.54, 1.807) is 12.1 Å². The first-order chi connectivity index (χ1) is 13.0. The Balaban J connectivity index is 1.82. The van der Waals surface area contributed by atoms with Crippen LogP contribution < -0.4 is 10.6 Å². The van der Waals surface area contributed by atoms with Gasteiger partial charge in [0.15, 0.2) is 0 Å². The van der Waals surface area contributed by atoms with Gasteiger partial charge < -0.3 is 20.7 Å². The normalized spacial score (nSPS) is 11.6. The third kappa shape index (κ3) is 6.58. The monoisotopic (exact) mass is 372 g/mol. The van der Waals surface area contributed by atoms with Crippen LogP contribution in [-0.2, 0) is 22.4 Å². The zero-order valence-electron chi connectivity index (χ0n) is 15.2. The molecule has 2 aromatic rings. The molecule has 0 spiro atoms. The van der Waals surface area contributed by atoms with Gasteiger partial charge in [-0.3, -0.25) is 9.59 Å². The number of imidazole rings is 1. The minimum absolute atomic E-state index is 0.0776. The lowest BCUT2D eigenvalue weighted by Crippen LogP contribution is -2.46. The van der Waals surface area contributed by atoms with Crippen molar-refractivity contribution in [1.29, 1.82) is 0 Å². The van der Waals surface area contributed by atoms with Crippen molar-refractivity contribution >= 4 is 17.8 Å². The molecule has 4 N–H and O–H groups in total. The van der Waals surface area contributed by atoms with Crippen LogP contribution in [0.4, 0.5) is 0 Å². The van der Waals surface area contributed by atoms with E-state index in [2.05, 4.69) is 27.5 Å². The Labute approximate surface area is 157 Å². The number of benzene rings is 1. The van der Waals surface area contributed by atoms with E-state index in [9.17, 15) is 19.5 Å². The van der Waals surface area contributed by atoms with Crippen molar-refractivity contribution in [3.8, 4) is 0 Å². The number of aromatic nitrogens is 2. The molecule has 0 saturated carbocycles. The van der Waals surface area contributed by atoms with Crippen LogP contribution >= 0.6 is 0 Å². The van der Waals surface area contributed by atoms with Gasteiger partial charge in [0, 0.05) is 23.9 Å². The summed E-state index contributed by atoms with van der Waals surface area (Å²) in [6, 6.07) is 6.13. The summed E-state index contributed by atoms with van der Waals surface area (Å²) >= 11 is 0. The molecule has 1 aromatic carbocycles. The van der Waals surface area contributed by atoms with E-state index in [1.807, 2.05) is 12.1 Å². The number of amides is 2. The Bertz CT molecular complexity index is 757. The molecule has 8 heteroatoms. The van der Waals surface area contributed by atoms with Crippen molar-refractivity contribution in [3.63, 3.8) is 0 Å². The summed E-state index contributed by atoms with van der Waals surface area (Å²) in [5.74, 6) is -2.12. The third-order valence-electron chi connectivity index (χ3n) is 4.06. The van der Waals surface area contributed by atoms with Gasteiger partial charge in [-0.25, -0.2) is 9.78 Å². The van der Waals surface area contributed by atoms with Gasteiger partial charge >= 0.3 is 5.97 Å². The Morgan fingerprint density at radius 1 is 1.22 bits per heavy atom. The first kappa shape index (κ1) is 20.2. The van der Waals surface area contributed by atoms with Crippen molar-refractivity contribution in [2.75, 3.05) is 6.54 Å². The molecule has 1 aromatic heterocycles. The fourth-order valence-electron chi connectivity index (χ4n) is 2.53. The van der Waals surface area contributed by atoms with Crippen LogP contribution in [0.2, 0.25) is 0 Å². The smallest absolute Gasteiger partial charge is 0.326 e. The quantitative estimate of drug-likeness (QED) is 0.500. The van der Waals surface area contributed by atoms with E-state index in [1.165, 1.54) is 12.5 Å². The molecule has 0 aliphatic rings. The Hall–Kier alpha value is -3.16. The number of carboxylic acid groups (broad SMARTS) is 1. The van der Waals surface area contributed by atoms with Crippen LogP contribution in [0.25, 0.3) is 0 Å². The maximum absolute atomic E-state index is 12.1. The second kappa shape index (κ2) is 10.1. The molecule has 0 bridgehead atoms. The zero-order valence-corrected chi connectivity index (χ0v) is 15.2. The van der Waals surface area contributed by atoms with Gasteiger partial charge in [0.1, 0.15) is 6.04 Å². The number of rotatable bonds is 10. The second-order valence-electron chi connectivity index (χ2n) is 6.22. The lowest BCUT2D eigenvalue weighted by molar-refractivity contribution is -0.141. The summed E-state index contributed by atoms with van der Waals surface area (Å²) in [5.41, 5.74) is 2.21. The molecule has 1 heterocycles. The predicted molar refractivity (Wildman–Crippen MR) is 99.2 cm³/mol. The van der Waals surface area contributed by atoms with E-state index < -0.39 is 17.9 Å². The topological polar surface area (TPSA) is 124 Å². The molecular formula is C19H24N4O4. The van der Waals surface area contributed by atoms with Gasteiger partial charge in [-0.15, -0.1) is 0 Å². The number of aromatic amines is 1. The highest BCUT2D eigenvalue weighted by molar-refractivity contribution is 5.96. The second-order valence-corrected chi connectivity index (χ2v) is 6.22. The lowest BCUT2D eigenvalue weighted by Gasteiger charge is -2.14. The molecule has 144 valence electrons. The highest BCUT2D eigenvalue weighted by Gasteiger charge is 2.21. The van der Waals surface area contributed by atoms with Gasteiger partial charge in [-0.05, 0) is 30.5 Å². The fraction of sp³-hybridized carbons (Fsp3) is 0.368. The highest BCUT2D eigenvalue weighted by Crippen LogP contribution is 2.08. The van der Waals surface area contributed by atoms with Crippen molar-refractivity contribution in [1.82, 2.24) is 20.6 Å². The fourth-order valence-corrected chi connectivity index (χ4v) is 2.53. The molecule has 0 radical (unpaired) electrons. The van der Waals surface area contributed by atoms with Crippen molar-refractivity contribution in [2.24, 2.45) is 0 Å². The minimum Gasteiger partial charge on any atom is -0.480 e. The minimum atomic E-state index is -1.16. The predicted octanol–water partition coefficient (Wildman–Crippen LogP) is 1.29. The van der Waals surface area contributed by atoms with E-state index in [0.717, 1.165) is 24.8 Å². The summed E-state index contributed by atoms with van der Waals surface area (Å²) in [6.45, 7) is 1.82. The Kier molecular flexibility index (Phi) is 7.54. The summed E-state index contributed by atoms with van der Waals surface area (Å²) in [7, 11) is 0. The molecule has 0 aliphatic carbocycles. The number of hydrogen-bond donors (Lipinski definition) is 4. The molecule has 8 nitrogen and oxygen atoms in total. The van der Waals surface area contributed by atoms with Crippen LogP contribution in [0.5, 0.6) is 0 Å². The van der Waals surface area contributed by atoms with E-state index in [0.29, 0.717) is 11.3 Å². The number of nitrogens with zero attached hydrogens (tertiary/aromatic N) is 1. The van der Waals surface area contributed by atoms with Gasteiger partial charge in [0.25, 0.3) is 5.91 Å². The number of carbonyl (C=O) groups is 3. The van der Waals surface area contributed by atoms with E-state index in [4.69, 9.17) is 0 Å². The third-order valence-corrected chi connectivity index (χ3v) is 4.06. The number of carbonyl (C=O) groups excluding carboxylic acids is 2. The number of nitrogens with one attached hydrogen (secondary N) is 3. The van der Waals surface area contributed by atoms with Crippen LogP contribution in [0, 0.1) is 0 Å². The van der Waals surface area contributed by atoms with Crippen molar-refractivity contribution in [2.45, 2.75) is 38.6 Å². The van der Waals surface area contributed by atoms with Gasteiger partial charge in [0.2, 0.25) is 5.91 Å². The molecular weight excluding hydrogens is 348 g/mol. The van der Waals surface area contributed by atoms with Gasteiger partial charge in [-0.2, -0.15) is 0 Å². The lowest BCUT2D eigenvalue weighted by atomic mass is 10.1. The summed E-state index contributed by atoms with van der Waals surface area (Å²) in [6.07, 6.45) is 6.17. The molecule has 0 aliphatic heterocycles. The van der Waals surface area contributed by atoms with Crippen molar-refractivity contribution < 1.29 is 19.5 Å². The molecule has 0 unspecified atom stereocenters. The number of H-pyrrole nitrogens is 1. The average Bonchev–Trinajstić information content (AvgIpc) is 3.17. The van der Waals surface area contributed by atoms with Crippen molar-refractivity contribution in [3.05, 3.63) is 53.6 Å². The highest BCUT2D eigenvalue weighted by atomic mass is 16.4. The Morgan fingerprint density at radius 3 is 2.56 bits per heavy atom. The van der Waals surface area contributed by atoms with Gasteiger partial charge in [-0.1, -0.05) is 25.5 Å². The van der Waals surface area contributed by atoms with Gasteiger partial charge in [0.05, 0.1) is 12.9 Å². The summed E-state index contributed by atoms with van der Waals surface area (Å²) in [5, 5.41) is 14.1. The number of carboxylic acids is 1. The van der Waals surface area contributed by atoms with Crippen LogP contribution in [0.15, 0.2) is 36.8 Å². The number of aliphatic carboxylic acids is 1. The largest absolute Gasteiger partial charge is 0.480 e.